The third-order valence-electron chi connectivity index (χ3n) is 4.37. The van der Waals surface area contributed by atoms with E-state index >= 15 is 0 Å². The molecule has 0 saturated heterocycles. The molecule has 8 nitrogen and oxygen atoms in total. The molecule has 0 radical (unpaired) electrons. The number of methoxy groups -OCH3 is 2. The minimum Gasteiger partial charge on any atom is -0.497 e. The Morgan fingerprint density at radius 1 is 0.938 bits per heavy atom. The largest absolute Gasteiger partial charge is 0.497 e. The fraction of sp³-hybridized carbons (Fsp3) is 0.167. The molecule has 8 heteroatoms. The molecule has 1 aromatic heterocycles. The normalized spacial score (nSPS) is 10.9. The van der Waals surface area contributed by atoms with E-state index in [1.54, 1.807) is 62.8 Å². The highest BCUT2D eigenvalue weighted by Gasteiger charge is 2.15. The summed E-state index contributed by atoms with van der Waals surface area (Å²) >= 11 is 0. The van der Waals surface area contributed by atoms with Crippen molar-refractivity contribution >= 4 is 17.9 Å². The van der Waals surface area contributed by atoms with E-state index in [1.165, 1.54) is 12.3 Å². The average molecular weight is 436 g/mol. The minimum absolute atomic E-state index is 0.0437. The molecule has 2 N–H and O–H groups in total. The number of carbonyl (C=O) groups is 2. The molecule has 32 heavy (non-hydrogen) atoms. The topological polar surface area (TPSA) is 99.0 Å². The molecule has 0 aliphatic rings. The van der Waals surface area contributed by atoms with Gasteiger partial charge in [-0.25, -0.2) is 0 Å². The molecule has 3 rings (SSSR count). The van der Waals surface area contributed by atoms with Crippen LogP contribution in [0.15, 0.2) is 77.0 Å². The highest BCUT2D eigenvalue weighted by atomic mass is 16.5. The zero-order valence-electron chi connectivity index (χ0n) is 17.8. The second-order valence-electron chi connectivity index (χ2n) is 6.54. The van der Waals surface area contributed by atoms with Crippen molar-refractivity contribution in [2.24, 2.45) is 0 Å². The molecular formula is C24H24N2O6. The fourth-order valence-corrected chi connectivity index (χ4v) is 2.73. The third kappa shape index (κ3) is 6.40. The summed E-state index contributed by atoms with van der Waals surface area (Å²) in [5.74, 6) is 1.44. The van der Waals surface area contributed by atoms with Gasteiger partial charge in [-0.3, -0.25) is 9.59 Å². The molecule has 0 atom stereocenters. The predicted octanol–water partition coefficient (Wildman–Crippen LogP) is 3.26. The van der Waals surface area contributed by atoms with Crippen LogP contribution in [-0.4, -0.2) is 39.2 Å². The van der Waals surface area contributed by atoms with Gasteiger partial charge in [-0.15, -0.1) is 0 Å². The van der Waals surface area contributed by atoms with Crippen LogP contribution in [0.25, 0.3) is 6.08 Å². The maximum Gasteiger partial charge on any atom is 0.268 e. The van der Waals surface area contributed by atoms with Crippen molar-refractivity contribution in [1.82, 2.24) is 10.6 Å². The minimum atomic E-state index is -0.475. The summed E-state index contributed by atoms with van der Waals surface area (Å²) in [6.07, 6.45) is 2.94. The Balaban J connectivity index is 1.61. The van der Waals surface area contributed by atoms with Gasteiger partial charge in [0.05, 0.1) is 27.0 Å². The Kier molecular flexibility index (Phi) is 7.91. The van der Waals surface area contributed by atoms with Crippen LogP contribution in [0.5, 0.6) is 17.2 Å². The van der Waals surface area contributed by atoms with E-state index in [-0.39, 0.29) is 18.8 Å². The molecule has 0 saturated carbocycles. The van der Waals surface area contributed by atoms with Crippen molar-refractivity contribution in [3.63, 3.8) is 0 Å². The van der Waals surface area contributed by atoms with E-state index in [0.717, 1.165) is 0 Å². The second-order valence-corrected chi connectivity index (χ2v) is 6.54. The maximum atomic E-state index is 12.7. The lowest BCUT2D eigenvalue weighted by atomic mass is 10.2. The predicted molar refractivity (Wildman–Crippen MR) is 119 cm³/mol. The summed E-state index contributed by atoms with van der Waals surface area (Å²) < 4.78 is 21.2. The molecule has 0 spiro atoms. The van der Waals surface area contributed by atoms with Gasteiger partial charge < -0.3 is 29.3 Å². The van der Waals surface area contributed by atoms with Gasteiger partial charge in [-0.05, 0) is 48.5 Å². The molecule has 1 heterocycles. The summed E-state index contributed by atoms with van der Waals surface area (Å²) in [7, 11) is 3.12. The van der Waals surface area contributed by atoms with Crippen LogP contribution in [-0.2, 0) is 4.79 Å². The van der Waals surface area contributed by atoms with Crippen molar-refractivity contribution < 1.29 is 28.2 Å². The van der Waals surface area contributed by atoms with E-state index in [1.807, 2.05) is 12.1 Å². The van der Waals surface area contributed by atoms with E-state index < -0.39 is 11.8 Å². The van der Waals surface area contributed by atoms with E-state index in [2.05, 4.69) is 10.6 Å². The van der Waals surface area contributed by atoms with E-state index in [4.69, 9.17) is 18.6 Å². The van der Waals surface area contributed by atoms with Gasteiger partial charge in [0.1, 0.15) is 35.3 Å². The Hall–Kier alpha value is -4.20. The number of hydrogen-bond acceptors (Lipinski definition) is 6. The second kappa shape index (κ2) is 11.3. The van der Waals surface area contributed by atoms with Gasteiger partial charge in [0.25, 0.3) is 11.8 Å². The lowest BCUT2D eigenvalue weighted by Crippen LogP contribution is -2.36. The first-order chi connectivity index (χ1) is 15.6. The zero-order chi connectivity index (χ0) is 22.8. The number of ether oxygens (including phenoxy) is 3. The molecule has 166 valence electrons. The van der Waals surface area contributed by atoms with Crippen LogP contribution < -0.4 is 24.8 Å². The van der Waals surface area contributed by atoms with E-state index in [9.17, 15) is 9.59 Å². The maximum absolute atomic E-state index is 12.7. The quantitative estimate of drug-likeness (QED) is 0.374. The summed E-state index contributed by atoms with van der Waals surface area (Å²) in [6.45, 7) is 0.462. The lowest BCUT2D eigenvalue weighted by molar-refractivity contribution is -0.117. The van der Waals surface area contributed by atoms with Gasteiger partial charge in [-0.1, -0.05) is 6.07 Å². The van der Waals surface area contributed by atoms with Gasteiger partial charge >= 0.3 is 0 Å². The molecular weight excluding hydrogens is 412 g/mol. The SMILES string of the molecule is COc1ccc(C(=O)N/C(=C\c2ccco2)C(=O)NCCOc2cccc(OC)c2)cc1. The van der Waals surface area contributed by atoms with Crippen LogP contribution in [0.3, 0.4) is 0 Å². The summed E-state index contributed by atoms with van der Waals surface area (Å²) in [5.41, 5.74) is 0.424. The number of rotatable bonds is 10. The molecule has 0 fully saturated rings. The van der Waals surface area contributed by atoms with Crippen LogP contribution in [0.1, 0.15) is 16.1 Å². The number of nitrogens with one attached hydrogen (secondary N) is 2. The highest BCUT2D eigenvalue weighted by molar-refractivity contribution is 6.05. The summed E-state index contributed by atoms with van der Waals surface area (Å²) in [5, 5.41) is 5.36. The smallest absolute Gasteiger partial charge is 0.268 e. The van der Waals surface area contributed by atoms with Crippen molar-refractivity contribution in [2.75, 3.05) is 27.4 Å². The Labute approximate surface area is 185 Å². The van der Waals surface area contributed by atoms with E-state index in [0.29, 0.717) is 28.6 Å². The first-order valence-electron chi connectivity index (χ1n) is 9.84. The van der Waals surface area contributed by atoms with Gasteiger partial charge in [-0.2, -0.15) is 0 Å². The molecule has 0 bridgehead atoms. The van der Waals surface area contributed by atoms with Crippen molar-refractivity contribution in [2.45, 2.75) is 0 Å². The third-order valence-corrected chi connectivity index (χ3v) is 4.37. The average Bonchev–Trinajstić information content (AvgIpc) is 3.34. The van der Waals surface area contributed by atoms with Crippen LogP contribution in [0, 0.1) is 0 Å². The number of furan rings is 1. The number of carbonyl (C=O) groups excluding carboxylic acids is 2. The molecule has 0 aliphatic carbocycles. The first kappa shape index (κ1) is 22.5. The zero-order valence-corrected chi connectivity index (χ0v) is 17.8. The number of amides is 2. The van der Waals surface area contributed by atoms with Crippen LogP contribution >= 0.6 is 0 Å². The summed E-state index contributed by atoms with van der Waals surface area (Å²) in [6, 6.07) is 17.1. The Morgan fingerprint density at radius 2 is 1.69 bits per heavy atom. The van der Waals surface area contributed by atoms with Gasteiger partial charge in [0.2, 0.25) is 0 Å². The number of benzene rings is 2. The molecule has 0 aliphatic heterocycles. The van der Waals surface area contributed by atoms with Gasteiger partial charge in [0, 0.05) is 17.7 Å². The van der Waals surface area contributed by atoms with Gasteiger partial charge in [0.15, 0.2) is 0 Å². The van der Waals surface area contributed by atoms with Crippen molar-refractivity contribution in [3.05, 3.63) is 83.9 Å². The monoisotopic (exact) mass is 436 g/mol. The molecule has 2 aromatic carbocycles. The summed E-state index contributed by atoms with van der Waals surface area (Å²) in [4.78, 5) is 25.3. The highest BCUT2D eigenvalue weighted by Crippen LogP contribution is 2.18. The van der Waals surface area contributed by atoms with Crippen molar-refractivity contribution in [3.8, 4) is 17.2 Å². The Bertz CT molecular complexity index is 1060. The lowest BCUT2D eigenvalue weighted by Gasteiger charge is -2.12. The molecule has 3 aromatic rings. The Morgan fingerprint density at radius 3 is 2.38 bits per heavy atom. The molecule has 2 amide bonds. The number of hydrogen-bond donors (Lipinski definition) is 2. The first-order valence-corrected chi connectivity index (χ1v) is 9.84. The van der Waals surface area contributed by atoms with Crippen molar-refractivity contribution in [1.29, 1.82) is 0 Å². The molecule has 0 unspecified atom stereocenters. The van der Waals surface area contributed by atoms with Crippen LogP contribution in [0.4, 0.5) is 0 Å². The van der Waals surface area contributed by atoms with Crippen LogP contribution in [0.2, 0.25) is 0 Å². The fourth-order valence-electron chi connectivity index (χ4n) is 2.73. The standard InChI is InChI=1S/C24H24N2O6/c1-29-18-10-8-17(9-11-18)23(27)26-22(16-21-7-4-13-31-21)24(28)25-12-14-32-20-6-3-5-19(15-20)30-2/h3-11,13,15-16H,12,14H2,1-2H3,(H,25,28)(H,26,27)/b22-16-.